The Morgan fingerprint density at radius 1 is 0.957 bits per heavy atom. The minimum Gasteiger partial charge on any atom is -0.508 e. The van der Waals surface area contributed by atoms with E-state index in [9.17, 15) is 10.2 Å². The number of pyridine rings is 1. The average Bonchev–Trinajstić information content (AvgIpc) is 2.51. The van der Waals surface area contributed by atoms with Crippen LogP contribution in [0.1, 0.15) is 6.42 Å². The van der Waals surface area contributed by atoms with Crippen LogP contribution in [-0.2, 0) is 0 Å². The first-order chi connectivity index (χ1) is 11.0. The van der Waals surface area contributed by atoms with Crippen molar-refractivity contribution in [3.63, 3.8) is 0 Å². The molecule has 3 N–H and O–H groups in total. The fourth-order valence-electron chi connectivity index (χ4n) is 2.72. The molecule has 0 aliphatic rings. The number of hydrogen-bond acceptors (Lipinski definition) is 5. The van der Waals surface area contributed by atoms with E-state index < -0.39 is 0 Å². The van der Waals surface area contributed by atoms with Gasteiger partial charge < -0.3 is 20.4 Å². The second-order valence-electron chi connectivity index (χ2n) is 5.97. The van der Waals surface area contributed by atoms with Crippen molar-refractivity contribution in [1.29, 1.82) is 0 Å². The molecule has 3 rings (SSSR count). The molecule has 0 unspecified atom stereocenters. The molecule has 0 aliphatic carbocycles. The summed E-state index contributed by atoms with van der Waals surface area (Å²) >= 11 is 0. The molecule has 0 fully saturated rings. The molecule has 0 atom stereocenters. The van der Waals surface area contributed by atoms with Gasteiger partial charge in [0.2, 0.25) is 0 Å². The standard InChI is InChI=1S/C18H21N3O2/c1-21(2)9-3-8-19-18-14-10-12(22)4-6-16(14)20-17-7-5-13(23)11-15(17)18/h4-7,10-11,22-23H,3,8-9H2,1-2H3,(H,19,20). The van der Waals surface area contributed by atoms with Gasteiger partial charge in [-0.2, -0.15) is 0 Å². The Balaban J connectivity index is 2.08. The summed E-state index contributed by atoms with van der Waals surface area (Å²) in [5, 5.41) is 24.8. The van der Waals surface area contributed by atoms with Crippen LogP contribution in [0, 0.1) is 0 Å². The molecule has 5 nitrogen and oxygen atoms in total. The molecule has 2 aromatic carbocycles. The molecule has 1 heterocycles. The van der Waals surface area contributed by atoms with Gasteiger partial charge in [0.15, 0.2) is 0 Å². The molecule has 120 valence electrons. The second-order valence-corrected chi connectivity index (χ2v) is 5.97. The molecule has 0 radical (unpaired) electrons. The van der Waals surface area contributed by atoms with Crippen molar-refractivity contribution in [3.05, 3.63) is 36.4 Å². The number of aromatic hydroxyl groups is 2. The molecule has 0 bridgehead atoms. The van der Waals surface area contributed by atoms with Gasteiger partial charge in [-0.15, -0.1) is 0 Å². The van der Waals surface area contributed by atoms with E-state index in [0.29, 0.717) is 0 Å². The first-order valence-corrected chi connectivity index (χ1v) is 7.68. The van der Waals surface area contributed by atoms with Gasteiger partial charge in [-0.25, -0.2) is 4.98 Å². The predicted octanol–water partition coefficient (Wildman–Crippen LogP) is 3.16. The van der Waals surface area contributed by atoms with Crippen LogP contribution < -0.4 is 5.32 Å². The Morgan fingerprint density at radius 2 is 1.52 bits per heavy atom. The Labute approximate surface area is 135 Å². The van der Waals surface area contributed by atoms with Gasteiger partial charge in [-0.05, 0) is 63.5 Å². The summed E-state index contributed by atoms with van der Waals surface area (Å²) in [7, 11) is 4.10. The highest BCUT2D eigenvalue weighted by atomic mass is 16.3. The number of anilines is 1. The van der Waals surface area contributed by atoms with E-state index in [1.165, 1.54) is 0 Å². The van der Waals surface area contributed by atoms with Crippen molar-refractivity contribution in [2.45, 2.75) is 6.42 Å². The van der Waals surface area contributed by atoms with Crippen molar-refractivity contribution >= 4 is 27.5 Å². The zero-order valence-corrected chi connectivity index (χ0v) is 13.4. The lowest BCUT2D eigenvalue weighted by molar-refractivity contribution is 0.405. The lowest BCUT2D eigenvalue weighted by Gasteiger charge is -2.15. The maximum Gasteiger partial charge on any atom is 0.116 e. The van der Waals surface area contributed by atoms with E-state index in [1.807, 2.05) is 26.2 Å². The van der Waals surface area contributed by atoms with Crippen LogP contribution in [0.5, 0.6) is 11.5 Å². The molecule has 0 saturated carbocycles. The molecular weight excluding hydrogens is 290 g/mol. The number of phenols is 2. The molecule has 3 aromatic rings. The Morgan fingerprint density at radius 3 is 2.04 bits per heavy atom. The van der Waals surface area contributed by atoms with Gasteiger partial charge in [0.1, 0.15) is 11.5 Å². The minimum absolute atomic E-state index is 0.204. The second kappa shape index (κ2) is 6.30. The molecule has 5 heteroatoms. The number of nitrogens with zero attached hydrogens (tertiary/aromatic N) is 2. The third-order valence-electron chi connectivity index (χ3n) is 3.82. The van der Waals surface area contributed by atoms with E-state index in [-0.39, 0.29) is 11.5 Å². The van der Waals surface area contributed by atoms with Gasteiger partial charge in [-0.3, -0.25) is 0 Å². The fourth-order valence-corrected chi connectivity index (χ4v) is 2.72. The normalized spacial score (nSPS) is 11.4. The zero-order valence-electron chi connectivity index (χ0n) is 13.4. The third-order valence-corrected chi connectivity index (χ3v) is 3.82. The summed E-state index contributed by atoms with van der Waals surface area (Å²) in [5.74, 6) is 0.408. The van der Waals surface area contributed by atoms with Crippen LogP contribution in [0.25, 0.3) is 21.8 Å². The molecule has 0 amide bonds. The van der Waals surface area contributed by atoms with Crippen molar-refractivity contribution in [2.24, 2.45) is 0 Å². The first kappa shape index (κ1) is 15.4. The van der Waals surface area contributed by atoms with Crippen LogP contribution in [0.15, 0.2) is 36.4 Å². The summed E-state index contributed by atoms with van der Waals surface area (Å²) in [6, 6.07) is 10.3. The van der Waals surface area contributed by atoms with Gasteiger partial charge in [0.05, 0.1) is 16.7 Å². The number of aromatic nitrogens is 1. The monoisotopic (exact) mass is 311 g/mol. The fraction of sp³-hybridized carbons (Fsp3) is 0.278. The number of nitrogens with one attached hydrogen (secondary N) is 1. The smallest absolute Gasteiger partial charge is 0.116 e. The number of phenolic OH excluding ortho intramolecular Hbond substituents is 2. The van der Waals surface area contributed by atoms with Crippen LogP contribution in [0.2, 0.25) is 0 Å². The molecule has 23 heavy (non-hydrogen) atoms. The Hall–Kier alpha value is -2.53. The summed E-state index contributed by atoms with van der Waals surface area (Å²) < 4.78 is 0. The van der Waals surface area contributed by atoms with Crippen LogP contribution >= 0.6 is 0 Å². The molecular formula is C18H21N3O2. The van der Waals surface area contributed by atoms with Crippen molar-refractivity contribution in [3.8, 4) is 11.5 Å². The minimum atomic E-state index is 0.204. The van der Waals surface area contributed by atoms with Gasteiger partial charge >= 0.3 is 0 Å². The summed E-state index contributed by atoms with van der Waals surface area (Å²) in [6.45, 7) is 1.79. The van der Waals surface area contributed by atoms with Crippen LogP contribution in [0.4, 0.5) is 5.69 Å². The van der Waals surface area contributed by atoms with E-state index >= 15 is 0 Å². The summed E-state index contributed by atoms with van der Waals surface area (Å²) in [6.07, 6.45) is 0.996. The molecule has 0 aliphatic heterocycles. The maximum atomic E-state index is 9.81. The Kier molecular flexibility index (Phi) is 4.21. The quantitative estimate of drug-likeness (QED) is 0.499. The lowest BCUT2D eigenvalue weighted by atomic mass is 10.1. The largest absolute Gasteiger partial charge is 0.508 e. The van der Waals surface area contributed by atoms with Gasteiger partial charge in [0, 0.05) is 17.3 Å². The topological polar surface area (TPSA) is 68.6 Å². The SMILES string of the molecule is CN(C)CCCNc1c2cc(O)ccc2nc2ccc(O)cc12. The van der Waals surface area contributed by atoms with E-state index in [2.05, 4.69) is 15.2 Å². The van der Waals surface area contributed by atoms with Crippen LogP contribution in [-0.4, -0.2) is 47.3 Å². The lowest BCUT2D eigenvalue weighted by Crippen LogP contribution is -2.16. The van der Waals surface area contributed by atoms with Crippen molar-refractivity contribution < 1.29 is 10.2 Å². The average molecular weight is 311 g/mol. The Bertz CT molecular complexity index is 786. The van der Waals surface area contributed by atoms with Gasteiger partial charge in [-0.1, -0.05) is 0 Å². The van der Waals surface area contributed by atoms with E-state index in [0.717, 1.165) is 47.0 Å². The number of hydrogen-bond donors (Lipinski definition) is 3. The molecule has 1 aromatic heterocycles. The number of fused-ring (bicyclic) bond motifs is 2. The highest BCUT2D eigenvalue weighted by Gasteiger charge is 2.10. The molecule has 0 spiro atoms. The van der Waals surface area contributed by atoms with Crippen molar-refractivity contribution in [1.82, 2.24) is 9.88 Å². The zero-order chi connectivity index (χ0) is 16.4. The maximum absolute atomic E-state index is 9.81. The van der Waals surface area contributed by atoms with Crippen molar-refractivity contribution in [2.75, 3.05) is 32.5 Å². The number of rotatable bonds is 5. The van der Waals surface area contributed by atoms with Gasteiger partial charge in [0.25, 0.3) is 0 Å². The molecule has 0 saturated heterocycles. The first-order valence-electron chi connectivity index (χ1n) is 7.68. The van der Waals surface area contributed by atoms with E-state index in [4.69, 9.17) is 0 Å². The highest BCUT2D eigenvalue weighted by molar-refractivity contribution is 6.08. The highest BCUT2D eigenvalue weighted by Crippen LogP contribution is 2.34. The van der Waals surface area contributed by atoms with E-state index in [1.54, 1.807) is 24.3 Å². The number of benzene rings is 2. The van der Waals surface area contributed by atoms with Crippen LogP contribution in [0.3, 0.4) is 0 Å². The predicted molar refractivity (Wildman–Crippen MR) is 94.2 cm³/mol. The summed E-state index contributed by atoms with van der Waals surface area (Å²) in [4.78, 5) is 6.75. The third kappa shape index (κ3) is 3.29. The summed E-state index contributed by atoms with van der Waals surface area (Å²) in [5.41, 5.74) is 2.53.